The van der Waals surface area contributed by atoms with Crippen LogP contribution in [0.1, 0.15) is 16.7 Å². The van der Waals surface area contributed by atoms with Gasteiger partial charge >= 0.3 is 0 Å². The Morgan fingerprint density at radius 2 is 1.61 bits per heavy atom. The second kappa shape index (κ2) is 9.10. The minimum Gasteiger partial charge on any atom is -0.268 e. The number of aryl methyl sites for hydroxylation is 1. The van der Waals surface area contributed by atoms with E-state index in [1.807, 2.05) is 6.92 Å². The average molecular weight is 472 g/mol. The van der Waals surface area contributed by atoms with Crippen molar-refractivity contribution in [3.8, 4) is 0 Å². The summed E-state index contributed by atoms with van der Waals surface area (Å²) < 4.78 is 27.7. The van der Waals surface area contributed by atoms with Crippen molar-refractivity contribution < 1.29 is 13.2 Å². The highest BCUT2D eigenvalue weighted by Gasteiger charge is 2.32. The fourth-order valence-corrected chi connectivity index (χ4v) is 4.89. The fourth-order valence-electron chi connectivity index (χ4n) is 3.04. The van der Waals surface area contributed by atoms with Crippen LogP contribution in [-0.4, -0.2) is 14.3 Å². The summed E-state index contributed by atoms with van der Waals surface area (Å²) in [6.45, 7) is 9.40. The van der Waals surface area contributed by atoms with Gasteiger partial charge in [0, 0.05) is 21.2 Å². The number of halogens is 2. The second-order valence-corrected chi connectivity index (χ2v) is 9.38. The Labute approximate surface area is 192 Å². The predicted molar refractivity (Wildman–Crippen MR) is 127 cm³/mol. The lowest BCUT2D eigenvalue weighted by Crippen LogP contribution is -2.36. The van der Waals surface area contributed by atoms with E-state index in [2.05, 4.69) is 13.2 Å². The molecule has 4 nitrogen and oxygen atoms in total. The summed E-state index contributed by atoms with van der Waals surface area (Å²) in [7, 11) is -4.25. The Morgan fingerprint density at radius 1 is 0.968 bits per heavy atom. The Hall–Kier alpha value is -2.86. The predicted octanol–water partition coefficient (Wildman–Crippen LogP) is 6.27. The van der Waals surface area contributed by atoms with Crippen LogP contribution in [0.5, 0.6) is 0 Å². The van der Waals surface area contributed by atoms with E-state index < -0.39 is 15.9 Å². The summed E-state index contributed by atoms with van der Waals surface area (Å²) in [4.78, 5) is 12.8. The van der Waals surface area contributed by atoms with Gasteiger partial charge < -0.3 is 0 Å². The van der Waals surface area contributed by atoms with Gasteiger partial charge in [-0.2, -0.15) is 4.31 Å². The SMILES string of the molecule is C=CC(=O)N(c1ccc(Cl)cc1C(=C)c1ccccc1Cl)S(=O)(=O)c1ccc(C)cc1. The topological polar surface area (TPSA) is 54.5 Å². The average Bonchev–Trinajstić information content (AvgIpc) is 2.74. The second-order valence-electron chi connectivity index (χ2n) is 6.74. The normalized spacial score (nSPS) is 11.1. The van der Waals surface area contributed by atoms with Crippen molar-refractivity contribution in [2.75, 3.05) is 4.31 Å². The lowest BCUT2D eigenvalue weighted by atomic mass is 9.98. The molecule has 0 aliphatic carbocycles. The third-order valence-corrected chi connectivity index (χ3v) is 6.93. The largest absolute Gasteiger partial charge is 0.271 e. The van der Waals surface area contributed by atoms with Gasteiger partial charge in [-0.1, -0.05) is 72.3 Å². The zero-order valence-electron chi connectivity index (χ0n) is 16.7. The van der Waals surface area contributed by atoms with Crippen LogP contribution < -0.4 is 4.31 Å². The van der Waals surface area contributed by atoms with E-state index in [0.29, 0.717) is 31.1 Å². The van der Waals surface area contributed by atoms with Gasteiger partial charge in [0.15, 0.2) is 0 Å². The number of hydrogen-bond acceptors (Lipinski definition) is 3. The van der Waals surface area contributed by atoms with Gasteiger partial charge in [0.05, 0.1) is 10.6 Å². The van der Waals surface area contributed by atoms with Crippen molar-refractivity contribution in [2.24, 2.45) is 0 Å². The quantitative estimate of drug-likeness (QED) is 0.398. The van der Waals surface area contributed by atoms with Crippen molar-refractivity contribution >= 4 is 50.4 Å². The monoisotopic (exact) mass is 471 g/mol. The molecule has 3 aromatic rings. The highest BCUT2D eigenvalue weighted by Crippen LogP contribution is 2.37. The van der Waals surface area contributed by atoms with Crippen molar-refractivity contribution in [3.63, 3.8) is 0 Å². The Balaban J connectivity index is 2.25. The highest BCUT2D eigenvalue weighted by atomic mass is 35.5. The number of hydrogen-bond donors (Lipinski definition) is 0. The first-order chi connectivity index (χ1) is 14.7. The number of amides is 1. The first kappa shape index (κ1) is 22.8. The van der Waals surface area contributed by atoms with Gasteiger partial charge in [-0.3, -0.25) is 4.79 Å². The molecule has 31 heavy (non-hydrogen) atoms. The summed E-state index contributed by atoms with van der Waals surface area (Å²) in [5, 5.41) is 0.784. The fraction of sp³-hybridized carbons (Fsp3) is 0.0417. The van der Waals surface area contributed by atoms with Gasteiger partial charge in [-0.15, -0.1) is 0 Å². The molecule has 0 atom stereocenters. The van der Waals surface area contributed by atoms with Crippen LogP contribution in [0.2, 0.25) is 10.0 Å². The standard InChI is InChI=1S/C24H19Cl2NO3S/c1-4-24(28)27(31(29,30)19-12-9-16(2)10-13-19)23-14-11-18(25)15-21(23)17(3)20-7-5-6-8-22(20)26/h4-15H,1,3H2,2H3. The molecule has 0 radical (unpaired) electrons. The third-order valence-electron chi connectivity index (χ3n) is 4.64. The Bertz CT molecular complexity index is 1280. The molecule has 158 valence electrons. The smallest absolute Gasteiger partial charge is 0.268 e. The summed E-state index contributed by atoms with van der Waals surface area (Å²) in [5.74, 6) is -0.809. The van der Waals surface area contributed by atoms with E-state index in [1.54, 1.807) is 42.5 Å². The van der Waals surface area contributed by atoms with Gasteiger partial charge in [0.1, 0.15) is 0 Å². The third kappa shape index (κ3) is 4.59. The Morgan fingerprint density at radius 3 is 2.23 bits per heavy atom. The molecule has 0 aliphatic heterocycles. The van der Waals surface area contributed by atoms with Crippen LogP contribution >= 0.6 is 23.2 Å². The minimum absolute atomic E-state index is 0.0300. The maximum absolute atomic E-state index is 13.5. The van der Waals surface area contributed by atoms with Crippen LogP contribution in [0.15, 0.2) is 90.9 Å². The van der Waals surface area contributed by atoms with Crippen LogP contribution in [0, 0.1) is 6.92 Å². The van der Waals surface area contributed by atoms with Crippen molar-refractivity contribution in [3.05, 3.63) is 113 Å². The molecule has 3 rings (SSSR count). The molecule has 0 fully saturated rings. The lowest BCUT2D eigenvalue weighted by Gasteiger charge is -2.25. The molecular weight excluding hydrogens is 453 g/mol. The number of benzene rings is 3. The summed E-state index contributed by atoms with van der Waals surface area (Å²) in [5.41, 5.74) is 2.35. The molecule has 0 unspecified atom stereocenters. The van der Waals surface area contributed by atoms with Crippen molar-refractivity contribution in [1.82, 2.24) is 0 Å². The molecule has 0 saturated heterocycles. The van der Waals surface area contributed by atoms with Gasteiger partial charge in [-0.05, 0) is 55.0 Å². The molecule has 0 saturated carbocycles. The van der Waals surface area contributed by atoms with E-state index in [4.69, 9.17) is 23.2 Å². The number of sulfonamides is 1. The molecule has 0 spiro atoms. The van der Waals surface area contributed by atoms with Crippen LogP contribution in [0.25, 0.3) is 5.57 Å². The highest BCUT2D eigenvalue weighted by molar-refractivity contribution is 7.93. The number of rotatable bonds is 6. The molecule has 0 N–H and O–H groups in total. The molecule has 7 heteroatoms. The molecule has 0 aliphatic rings. The number of carbonyl (C=O) groups is 1. The van der Waals surface area contributed by atoms with E-state index in [9.17, 15) is 13.2 Å². The molecule has 0 aromatic heterocycles. The van der Waals surface area contributed by atoms with E-state index >= 15 is 0 Å². The molecule has 0 bridgehead atoms. The minimum atomic E-state index is -4.25. The van der Waals surface area contributed by atoms with Crippen LogP contribution in [-0.2, 0) is 14.8 Å². The van der Waals surface area contributed by atoms with Gasteiger partial charge in [0.2, 0.25) is 0 Å². The zero-order valence-corrected chi connectivity index (χ0v) is 19.0. The molecule has 1 amide bonds. The van der Waals surface area contributed by atoms with E-state index in [1.165, 1.54) is 24.3 Å². The van der Waals surface area contributed by atoms with E-state index in [-0.39, 0.29) is 10.6 Å². The lowest BCUT2D eigenvalue weighted by molar-refractivity contribution is -0.113. The molecular formula is C24H19Cl2NO3S. The van der Waals surface area contributed by atoms with Crippen molar-refractivity contribution in [2.45, 2.75) is 11.8 Å². The van der Waals surface area contributed by atoms with Crippen molar-refractivity contribution in [1.29, 1.82) is 0 Å². The Kier molecular flexibility index (Phi) is 6.70. The number of nitrogens with zero attached hydrogens (tertiary/aromatic N) is 1. The first-order valence-corrected chi connectivity index (χ1v) is 11.4. The summed E-state index contributed by atoms with van der Waals surface area (Å²) in [6, 6.07) is 17.8. The molecule has 0 heterocycles. The maximum atomic E-state index is 13.5. The number of anilines is 1. The number of carbonyl (C=O) groups excluding carboxylic acids is 1. The summed E-state index contributed by atoms with van der Waals surface area (Å²) in [6.07, 6.45) is 0.947. The van der Waals surface area contributed by atoms with Gasteiger partial charge in [0.25, 0.3) is 15.9 Å². The van der Waals surface area contributed by atoms with Crippen LogP contribution in [0.3, 0.4) is 0 Å². The molecule has 3 aromatic carbocycles. The van der Waals surface area contributed by atoms with E-state index in [0.717, 1.165) is 11.6 Å². The zero-order chi connectivity index (χ0) is 22.8. The van der Waals surface area contributed by atoms with Gasteiger partial charge in [-0.25, -0.2) is 8.42 Å². The first-order valence-electron chi connectivity index (χ1n) is 9.19. The summed E-state index contributed by atoms with van der Waals surface area (Å²) >= 11 is 12.5. The van der Waals surface area contributed by atoms with Crippen LogP contribution in [0.4, 0.5) is 5.69 Å². The maximum Gasteiger partial charge on any atom is 0.271 e.